The van der Waals surface area contributed by atoms with E-state index in [1.807, 2.05) is 31.2 Å². The van der Waals surface area contributed by atoms with Crippen molar-refractivity contribution in [2.45, 2.75) is 84.0 Å². The maximum atomic E-state index is 12.0. The minimum atomic E-state index is -0.588. The highest BCUT2D eigenvalue weighted by Crippen LogP contribution is 2.32. The van der Waals surface area contributed by atoms with Gasteiger partial charge in [0, 0.05) is 29.6 Å². The summed E-state index contributed by atoms with van der Waals surface area (Å²) >= 11 is 6.31. The van der Waals surface area contributed by atoms with Gasteiger partial charge in [-0.05, 0) is 80.8 Å². The third kappa shape index (κ3) is 8.44. The molecular weight excluding hydrogens is 502 g/mol. The minimum absolute atomic E-state index is 0.201. The molecule has 38 heavy (non-hydrogen) atoms. The van der Waals surface area contributed by atoms with E-state index in [9.17, 15) is 9.90 Å². The van der Waals surface area contributed by atoms with Crippen LogP contribution in [0, 0.1) is 0 Å². The fourth-order valence-electron chi connectivity index (χ4n) is 5.45. The van der Waals surface area contributed by atoms with E-state index in [2.05, 4.69) is 30.9 Å². The molecule has 0 aromatic heterocycles. The maximum Gasteiger partial charge on any atom is 0.306 e. The first-order valence-electron chi connectivity index (χ1n) is 14.0. The lowest BCUT2D eigenvalue weighted by Crippen LogP contribution is -2.39. The van der Waals surface area contributed by atoms with Crippen LogP contribution in [0.25, 0.3) is 0 Å². The third-order valence-corrected chi connectivity index (χ3v) is 7.76. The number of methoxy groups -OCH3 is 1. The highest BCUT2D eigenvalue weighted by molar-refractivity contribution is 6.31. The molecule has 1 N–H and O–H groups in total. The fourth-order valence-corrected chi connectivity index (χ4v) is 5.70. The normalized spacial score (nSPS) is 17.4. The van der Waals surface area contributed by atoms with Crippen molar-refractivity contribution in [2.75, 3.05) is 33.4 Å². The minimum Gasteiger partial charge on any atom is -0.496 e. The Morgan fingerprint density at radius 3 is 2.74 bits per heavy atom. The number of aliphatic hydroxyl groups excluding tert-OH is 1. The number of esters is 1. The quantitative estimate of drug-likeness (QED) is 0.279. The van der Waals surface area contributed by atoms with Crippen molar-refractivity contribution < 1.29 is 24.1 Å². The molecule has 7 heteroatoms. The van der Waals surface area contributed by atoms with Crippen molar-refractivity contribution in [2.24, 2.45) is 0 Å². The summed E-state index contributed by atoms with van der Waals surface area (Å²) in [5, 5.41) is 11.8. The van der Waals surface area contributed by atoms with Crippen LogP contribution in [0.2, 0.25) is 5.02 Å². The summed E-state index contributed by atoms with van der Waals surface area (Å²) in [7, 11) is 1.64. The van der Waals surface area contributed by atoms with E-state index in [1.165, 1.54) is 11.1 Å². The summed E-state index contributed by atoms with van der Waals surface area (Å²) in [6.45, 7) is 8.19. The van der Waals surface area contributed by atoms with E-state index in [0.29, 0.717) is 25.6 Å². The van der Waals surface area contributed by atoms with Gasteiger partial charge in [0.15, 0.2) is 0 Å². The number of hydrogen-bond donors (Lipinski definition) is 1. The molecule has 0 unspecified atom stereocenters. The Bertz CT molecular complexity index is 1030. The number of aliphatic hydroxyl groups is 1. The zero-order valence-electron chi connectivity index (χ0n) is 23.4. The Morgan fingerprint density at radius 2 is 2.03 bits per heavy atom. The Kier molecular flexibility index (Phi) is 12.4. The van der Waals surface area contributed by atoms with Gasteiger partial charge >= 0.3 is 5.97 Å². The second-order valence-corrected chi connectivity index (χ2v) is 10.4. The van der Waals surface area contributed by atoms with E-state index >= 15 is 0 Å². The van der Waals surface area contributed by atoms with Gasteiger partial charge in [-0.15, -0.1) is 0 Å². The first kappa shape index (κ1) is 30.4. The Morgan fingerprint density at radius 1 is 1.21 bits per heavy atom. The predicted octanol–water partition coefficient (Wildman–Crippen LogP) is 5.94. The number of likely N-dealkylation sites (tertiary alicyclic amines) is 1. The van der Waals surface area contributed by atoms with Crippen LogP contribution in [-0.2, 0) is 33.5 Å². The number of aryl methyl sites for hydroxylation is 1. The molecule has 1 saturated heterocycles. The molecule has 3 rings (SSSR count). The van der Waals surface area contributed by atoms with Gasteiger partial charge in [-0.25, -0.2) is 0 Å². The molecule has 0 radical (unpaired) electrons. The van der Waals surface area contributed by atoms with Crippen molar-refractivity contribution in [3.05, 3.63) is 63.7 Å². The molecule has 2 aromatic carbocycles. The second kappa shape index (κ2) is 15.5. The van der Waals surface area contributed by atoms with Crippen molar-refractivity contribution in [1.29, 1.82) is 0 Å². The summed E-state index contributed by atoms with van der Waals surface area (Å²) < 4.78 is 17.0. The van der Waals surface area contributed by atoms with Crippen LogP contribution in [0.1, 0.15) is 74.8 Å². The number of hydrogen-bond acceptors (Lipinski definition) is 6. The molecule has 0 saturated carbocycles. The SMILES string of the molecule is CCOC(=O)CCc1c(OC)cccc1[C@@H](CC)OC[C@H](O)CN1CCC[C@H]1Cc1ccc(Cl)c(CC)c1. The summed E-state index contributed by atoms with van der Waals surface area (Å²) in [4.78, 5) is 14.4. The fraction of sp³-hybridized carbons (Fsp3) is 0.581. The van der Waals surface area contributed by atoms with Gasteiger partial charge in [0.25, 0.3) is 0 Å². The molecule has 1 aliphatic rings. The highest BCUT2D eigenvalue weighted by Gasteiger charge is 2.27. The van der Waals surface area contributed by atoms with E-state index in [1.54, 1.807) is 7.11 Å². The Balaban J connectivity index is 1.60. The Labute approximate surface area is 233 Å². The number of rotatable bonds is 15. The van der Waals surface area contributed by atoms with E-state index in [0.717, 1.165) is 60.5 Å². The molecule has 1 heterocycles. The van der Waals surface area contributed by atoms with Gasteiger partial charge < -0.3 is 19.3 Å². The summed E-state index contributed by atoms with van der Waals surface area (Å²) in [6, 6.07) is 12.6. The maximum absolute atomic E-state index is 12.0. The molecular formula is C31H44ClNO5. The topological polar surface area (TPSA) is 68.2 Å². The molecule has 0 spiro atoms. The average molecular weight is 546 g/mol. The lowest BCUT2D eigenvalue weighted by molar-refractivity contribution is -0.143. The number of carbonyl (C=O) groups is 1. The van der Waals surface area contributed by atoms with Crippen molar-refractivity contribution in [3.63, 3.8) is 0 Å². The van der Waals surface area contributed by atoms with Crippen LogP contribution in [0.4, 0.5) is 0 Å². The summed E-state index contributed by atoms with van der Waals surface area (Å²) in [5.74, 6) is 0.515. The molecule has 210 valence electrons. The summed E-state index contributed by atoms with van der Waals surface area (Å²) in [6.07, 6.45) is 4.90. The monoisotopic (exact) mass is 545 g/mol. The Hall–Kier alpha value is -2.12. The van der Waals surface area contributed by atoms with Crippen LogP contribution in [-0.4, -0.2) is 61.5 Å². The van der Waals surface area contributed by atoms with E-state index in [4.69, 9.17) is 25.8 Å². The molecule has 1 fully saturated rings. The number of halogens is 1. The highest BCUT2D eigenvalue weighted by atomic mass is 35.5. The van der Waals surface area contributed by atoms with Crippen molar-refractivity contribution in [1.82, 2.24) is 4.90 Å². The third-order valence-electron chi connectivity index (χ3n) is 7.39. The second-order valence-electron chi connectivity index (χ2n) is 9.99. The molecule has 6 nitrogen and oxygen atoms in total. The molecule has 2 aromatic rings. The first-order valence-corrected chi connectivity index (χ1v) is 14.4. The number of benzene rings is 2. The first-order chi connectivity index (χ1) is 18.4. The van der Waals surface area contributed by atoms with Crippen LogP contribution in [0.5, 0.6) is 5.75 Å². The number of β-amino-alcohol motifs (C(OH)–C–C–N with tert-alkyl or cyclic N) is 1. The van der Waals surface area contributed by atoms with Gasteiger partial charge in [-0.2, -0.15) is 0 Å². The number of carbonyl (C=O) groups excluding carboxylic acids is 1. The standard InChI is InChI=1S/C31H44ClNO5/c1-5-23-18-22(13-15-28(23)32)19-24-10-9-17-33(24)20-25(34)21-38-29(6-2)26-11-8-12-30(36-4)27(26)14-16-31(35)37-7-3/h8,11-13,15,18,24-25,29,34H,5-7,9-10,14,16-17,19-21H2,1-4H3/t24-,25+,29+/m0/s1. The zero-order valence-corrected chi connectivity index (χ0v) is 24.1. The van der Waals surface area contributed by atoms with Crippen LogP contribution in [0.15, 0.2) is 36.4 Å². The van der Waals surface area contributed by atoms with E-state index in [-0.39, 0.29) is 25.1 Å². The smallest absolute Gasteiger partial charge is 0.306 e. The molecule has 0 bridgehead atoms. The largest absolute Gasteiger partial charge is 0.496 e. The van der Waals surface area contributed by atoms with Gasteiger partial charge in [-0.3, -0.25) is 9.69 Å². The van der Waals surface area contributed by atoms with Crippen LogP contribution < -0.4 is 4.74 Å². The van der Waals surface area contributed by atoms with Gasteiger partial charge in [0.1, 0.15) is 5.75 Å². The van der Waals surface area contributed by atoms with Gasteiger partial charge in [0.2, 0.25) is 0 Å². The lowest BCUT2D eigenvalue weighted by atomic mass is 9.96. The van der Waals surface area contributed by atoms with E-state index < -0.39 is 6.10 Å². The average Bonchev–Trinajstić information content (AvgIpc) is 3.35. The molecule has 0 aliphatic carbocycles. The van der Waals surface area contributed by atoms with Crippen molar-refractivity contribution >= 4 is 17.6 Å². The van der Waals surface area contributed by atoms with Crippen LogP contribution in [0.3, 0.4) is 0 Å². The van der Waals surface area contributed by atoms with Crippen LogP contribution >= 0.6 is 11.6 Å². The lowest BCUT2D eigenvalue weighted by Gasteiger charge is -2.28. The molecule has 3 atom stereocenters. The summed E-state index contributed by atoms with van der Waals surface area (Å²) in [5.41, 5.74) is 4.44. The molecule has 0 amide bonds. The van der Waals surface area contributed by atoms with Gasteiger partial charge in [-0.1, -0.05) is 49.7 Å². The number of nitrogens with zero attached hydrogens (tertiary/aromatic N) is 1. The zero-order chi connectivity index (χ0) is 27.5. The van der Waals surface area contributed by atoms with Gasteiger partial charge in [0.05, 0.1) is 32.5 Å². The number of ether oxygens (including phenoxy) is 3. The van der Waals surface area contributed by atoms with Crippen molar-refractivity contribution in [3.8, 4) is 5.75 Å². The molecule has 1 aliphatic heterocycles. The predicted molar refractivity (Wildman–Crippen MR) is 152 cm³/mol.